The monoisotopic (exact) mass is 352 g/mol. The van der Waals surface area contributed by atoms with Gasteiger partial charge in [0.15, 0.2) is 12.4 Å². The normalized spacial score (nSPS) is 13.1. The number of halogens is 2. The molecule has 0 fully saturated rings. The molecule has 108 valence electrons. The van der Waals surface area contributed by atoms with E-state index >= 15 is 0 Å². The molecule has 2 aromatic carbocycles. The van der Waals surface area contributed by atoms with Crippen LogP contribution in [0.5, 0.6) is 17.2 Å². The van der Waals surface area contributed by atoms with Gasteiger partial charge in [-0.25, -0.2) is 4.39 Å². The van der Waals surface area contributed by atoms with Gasteiger partial charge in [-0.05, 0) is 28.1 Å². The second-order valence-corrected chi connectivity index (χ2v) is 5.26. The van der Waals surface area contributed by atoms with Gasteiger partial charge in [0, 0.05) is 18.2 Å². The number of ether oxygens (including phenoxy) is 2. The third kappa shape index (κ3) is 2.78. The van der Waals surface area contributed by atoms with Crippen LogP contribution in [0.1, 0.15) is 0 Å². The summed E-state index contributed by atoms with van der Waals surface area (Å²) in [5.41, 5.74) is 6.67. The maximum atomic E-state index is 13.5. The number of hydrogen-bond acceptors (Lipinski definition) is 4. The van der Waals surface area contributed by atoms with Crippen LogP contribution in [0.15, 0.2) is 34.8 Å². The molecule has 3 N–H and O–H groups in total. The molecule has 0 saturated carbocycles. The summed E-state index contributed by atoms with van der Waals surface area (Å²) in [5.74, 6) is 0.377. The van der Waals surface area contributed by atoms with Crippen molar-refractivity contribution in [1.29, 1.82) is 0 Å². The summed E-state index contributed by atoms with van der Waals surface area (Å²) in [7, 11) is 0. The molecule has 5 nitrogen and oxygen atoms in total. The molecular weight excluding hydrogens is 343 g/mol. The molecule has 0 bridgehead atoms. The van der Waals surface area contributed by atoms with Crippen molar-refractivity contribution in [2.45, 2.75) is 0 Å². The van der Waals surface area contributed by atoms with Crippen LogP contribution in [0.3, 0.4) is 0 Å². The lowest BCUT2D eigenvalue weighted by molar-refractivity contribution is -0.118. The lowest BCUT2D eigenvalue weighted by Crippen LogP contribution is -2.25. The predicted octanol–water partition coefficient (Wildman–Crippen LogP) is 3.29. The Labute approximate surface area is 128 Å². The van der Waals surface area contributed by atoms with Crippen LogP contribution < -0.4 is 20.5 Å². The number of carbonyl (C=O) groups excluding carboxylic acids is 1. The zero-order valence-corrected chi connectivity index (χ0v) is 12.2. The summed E-state index contributed by atoms with van der Waals surface area (Å²) >= 11 is 3.07. The topological polar surface area (TPSA) is 73.6 Å². The summed E-state index contributed by atoms with van der Waals surface area (Å²) in [5, 5.41) is 2.65. The fourth-order valence-corrected chi connectivity index (χ4v) is 2.12. The first kappa shape index (κ1) is 13.7. The van der Waals surface area contributed by atoms with Crippen molar-refractivity contribution in [2.75, 3.05) is 17.7 Å². The molecule has 0 aliphatic carbocycles. The van der Waals surface area contributed by atoms with Gasteiger partial charge in [0.25, 0.3) is 5.91 Å². The van der Waals surface area contributed by atoms with Crippen molar-refractivity contribution in [3.63, 3.8) is 0 Å². The molecule has 0 radical (unpaired) electrons. The second-order valence-electron chi connectivity index (χ2n) is 4.40. The fourth-order valence-electron chi connectivity index (χ4n) is 1.88. The number of fused-ring (bicyclic) bond motifs is 1. The zero-order valence-electron chi connectivity index (χ0n) is 10.7. The SMILES string of the molecule is Nc1cc2c(cc1Oc1ccc(Br)c(F)c1)NC(=O)CO2. The summed E-state index contributed by atoms with van der Waals surface area (Å²) in [4.78, 5) is 11.3. The highest BCUT2D eigenvalue weighted by atomic mass is 79.9. The van der Waals surface area contributed by atoms with Crippen LogP contribution in [0.25, 0.3) is 0 Å². The van der Waals surface area contributed by atoms with Crippen molar-refractivity contribution >= 4 is 33.2 Å². The smallest absolute Gasteiger partial charge is 0.262 e. The molecule has 3 rings (SSSR count). The Morgan fingerprint density at radius 1 is 1.33 bits per heavy atom. The van der Waals surface area contributed by atoms with Crippen molar-refractivity contribution in [3.8, 4) is 17.2 Å². The van der Waals surface area contributed by atoms with Crippen LogP contribution in [0, 0.1) is 5.82 Å². The maximum absolute atomic E-state index is 13.5. The van der Waals surface area contributed by atoms with Gasteiger partial charge < -0.3 is 20.5 Å². The van der Waals surface area contributed by atoms with Crippen LogP contribution in [0.2, 0.25) is 0 Å². The van der Waals surface area contributed by atoms with E-state index in [4.69, 9.17) is 15.2 Å². The van der Waals surface area contributed by atoms with Gasteiger partial charge in [0.2, 0.25) is 0 Å². The van der Waals surface area contributed by atoms with Crippen LogP contribution >= 0.6 is 15.9 Å². The first-order chi connectivity index (χ1) is 10.0. The lowest BCUT2D eigenvalue weighted by atomic mass is 10.2. The molecule has 1 aliphatic heterocycles. The van der Waals surface area contributed by atoms with Crippen molar-refractivity contribution < 1.29 is 18.7 Å². The summed E-state index contributed by atoms with van der Waals surface area (Å²) in [6.07, 6.45) is 0. The number of anilines is 2. The Bertz CT molecular complexity index is 736. The number of amides is 1. The highest BCUT2D eigenvalue weighted by Crippen LogP contribution is 2.38. The number of nitrogens with one attached hydrogen (secondary N) is 1. The highest BCUT2D eigenvalue weighted by Gasteiger charge is 2.18. The molecule has 0 atom stereocenters. The number of hydrogen-bond donors (Lipinski definition) is 2. The Morgan fingerprint density at radius 3 is 2.90 bits per heavy atom. The molecule has 1 heterocycles. The second kappa shape index (κ2) is 5.25. The minimum absolute atomic E-state index is 0.0510. The van der Waals surface area contributed by atoms with Gasteiger partial charge in [-0.15, -0.1) is 0 Å². The molecule has 2 aromatic rings. The number of nitrogen functional groups attached to an aromatic ring is 1. The third-order valence-electron chi connectivity index (χ3n) is 2.86. The molecular formula is C14H10BrFN2O3. The van der Waals surface area contributed by atoms with Crippen LogP contribution in [0.4, 0.5) is 15.8 Å². The van der Waals surface area contributed by atoms with Gasteiger partial charge >= 0.3 is 0 Å². The van der Waals surface area contributed by atoms with E-state index in [1.807, 2.05) is 0 Å². The zero-order chi connectivity index (χ0) is 15.0. The van der Waals surface area contributed by atoms with Crippen molar-refractivity contribution in [3.05, 3.63) is 40.6 Å². The van der Waals surface area contributed by atoms with Gasteiger partial charge in [-0.1, -0.05) is 0 Å². The minimum Gasteiger partial charge on any atom is -0.481 e. The molecule has 0 unspecified atom stereocenters. The summed E-state index contributed by atoms with van der Waals surface area (Å²) in [6, 6.07) is 7.46. The van der Waals surface area contributed by atoms with Gasteiger partial charge in [0.05, 0.1) is 15.8 Å². The average Bonchev–Trinajstić information content (AvgIpc) is 2.44. The van der Waals surface area contributed by atoms with E-state index in [1.54, 1.807) is 18.2 Å². The average molecular weight is 353 g/mol. The van der Waals surface area contributed by atoms with E-state index < -0.39 is 5.82 Å². The van der Waals surface area contributed by atoms with E-state index in [9.17, 15) is 9.18 Å². The largest absolute Gasteiger partial charge is 0.481 e. The van der Waals surface area contributed by atoms with Crippen molar-refractivity contribution in [2.24, 2.45) is 0 Å². The van der Waals surface area contributed by atoms with E-state index in [0.717, 1.165) is 0 Å². The van der Waals surface area contributed by atoms with Crippen LogP contribution in [-0.2, 0) is 4.79 Å². The van der Waals surface area contributed by atoms with Crippen molar-refractivity contribution in [1.82, 2.24) is 0 Å². The Kier molecular flexibility index (Phi) is 3.42. The third-order valence-corrected chi connectivity index (χ3v) is 3.51. The fraction of sp³-hybridized carbons (Fsp3) is 0.0714. The number of carbonyl (C=O) groups is 1. The summed E-state index contributed by atoms with van der Waals surface area (Å²) < 4.78 is 24.6. The van der Waals surface area contributed by atoms with E-state index in [0.29, 0.717) is 33.1 Å². The minimum atomic E-state index is -0.444. The van der Waals surface area contributed by atoms with Gasteiger partial charge in [0.1, 0.15) is 17.3 Å². The standard InChI is InChI=1S/C14H10BrFN2O3/c15-8-2-1-7(3-9(8)16)21-12-5-11-13(4-10(12)17)20-6-14(19)18-11/h1-5H,6,17H2,(H,18,19). The Morgan fingerprint density at radius 2 is 2.14 bits per heavy atom. The van der Waals surface area contributed by atoms with E-state index in [1.165, 1.54) is 12.1 Å². The predicted molar refractivity (Wildman–Crippen MR) is 79.2 cm³/mol. The molecule has 0 saturated heterocycles. The maximum Gasteiger partial charge on any atom is 0.262 e. The number of nitrogens with two attached hydrogens (primary N) is 1. The lowest BCUT2D eigenvalue weighted by Gasteiger charge is -2.20. The molecule has 21 heavy (non-hydrogen) atoms. The molecule has 1 aliphatic rings. The first-order valence-corrected chi connectivity index (χ1v) is 6.81. The molecule has 1 amide bonds. The summed E-state index contributed by atoms with van der Waals surface area (Å²) in [6.45, 7) is -0.0510. The highest BCUT2D eigenvalue weighted by molar-refractivity contribution is 9.10. The number of rotatable bonds is 2. The van der Waals surface area contributed by atoms with Gasteiger partial charge in [-0.3, -0.25) is 4.79 Å². The Balaban J connectivity index is 1.93. The Hall–Kier alpha value is -2.28. The first-order valence-electron chi connectivity index (χ1n) is 6.02. The van der Waals surface area contributed by atoms with Gasteiger partial charge in [-0.2, -0.15) is 0 Å². The molecule has 0 spiro atoms. The number of benzene rings is 2. The molecule has 0 aromatic heterocycles. The molecule has 7 heteroatoms. The quantitative estimate of drug-likeness (QED) is 0.813. The van der Waals surface area contributed by atoms with E-state index in [-0.39, 0.29) is 12.5 Å². The van der Waals surface area contributed by atoms with Crippen LogP contribution in [-0.4, -0.2) is 12.5 Å². The van der Waals surface area contributed by atoms with E-state index in [2.05, 4.69) is 21.2 Å².